The lowest BCUT2D eigenvalue weighted by Gasteiger charge is -2.13. The van der Waals surface area contributed by atoms with Crippen molar-refractivity contribution in [3.8, 4) is 11.6 Å². The van der Waals surface area contributed by atoms with E-state index in [-0.39, 0.29) is 11.7 Å². The lowest BCUT2D eigenvalue weighted by molar-refractivity contribution is -0.121. The highest BCUT2D eigenvalue weighted by atomic mass is 16.5. The Hall–Kier alpha value is -2.36. The molecule has 1 aliphatic rings. The standard InChI is InChI=1S/C22H27NO3/c1-16(2)20(24)14-19-10-11-21(26-15-18-6-4-3-5-7-18)22(23-19)25-13-12-17-8-9-17/h3-7,10-11,16-17H,8-9,12-15H2,1-2H3. The molecule has 1 aliphatic carbocycles. The summed E-state index contributed by atoms with van der Waals surface area (Å²) in [5, 5.41) is 0. The summed E-state index contributed by atoms with van der Waals surface area (Å²) >= 11 is 0. The molecule has 1 saturated carbocycles. The number of Topliss-reactive ketones (excluding diaryl/α,β-unsaturated/α-hetero) is 1. The van der Waals surface area contributed by atoms with E-state index in [0.717, 1.165) is 23.6 Å². The minimum atomic E-state index is 0.00467. The average Bonchev–Trinajstić information content (AvgIpc) is 3.46. The van der Waals surface area contributed by atoms with Crippen LogP contribution in [-0.4, -0.2) is 17.4 Å². The van der Waals surface area contributed by atoms with Crippen molar-refractivity contribution in [1.29, 1.82) is 0 Å². The van der Waals surface area contributed by atoms with Gasteiger partial charge in [0.1, 0.15) is 12.4 Å². The highest BCUT2D eigenvalue weighted by molar-refractivity contribution is 5.82. The molecule has 0 radical (unpaired) electrons. The Morgan fingerprint density at radius 2 is 1.88 bits per heavy atom. The van der Waals surface area contributed by atoms with E-state index >= 15 is 0 Å². The zero-order valence-electron chi connectivity index (χ0n) is 15.6. The van der Waals surface area contributed by atoms with Crippen molar-refractivity contribution in [1.82, 2.24) is 4.98 Å². The van der Waals surface area contributed by atoms with E-state index in [1.807, 2.05) is 56.3 Å². The Labute approximate surface area is 155 Å². The maximum Gasteiger partial charge on any atom is 0.257 e. The van der Waals surface area contributed by atoms with Crippen LogP contribution in [0.5, 0.6) is 11.6 Å². The zero-order chi connectivity index (χ0) is 18.4. The van der Waals surface area contributed by atoms with Gasteiger partial charge in [-0.05, 0) is 30.0 Å². The SMILES string of the molecule is CC(C)C(=O)Cc1ccc(OCc2ccccc2)c(OCCC2CC2)n1. The number of nitrogens with zero attached hydrogens (tertiary/aromatic N) is 1. The van der Waals surface area contributed by atoms with Crippen LogP contribution < -0.4 is 9.47 Å². The summed E-state index contributed by atoms with van der Waals surface area (Å²) in [4.78, 5) is 16.6. The van der Waals surface area contributed by atoms with E-state index in [1.54, 1.807) is 0 Å². The van der Waals surface area contributed by atoms with Gasteiger partial charge in [0.15, 0.2) is 5.75 Å². The van der Waals surface area contributed by atoms with Crippen LogP contribution in [0.1, 0.15) is 44.4 Å². The Morgan fingerprint density at radius 3 is 2.58 bits per heavy atom. The molecule has 4 nitrogen and oxygen atoms in total. The fourth-order valence-electron chi connectivity index (χ4n) is 2.62. The van der Waals surface area contributed by atoms with Gasteiger partial charge in [-0.15, -0.1) is 0 Å². The molecule has 0 amide bonds. The lowest BCUT2D eigenvalue weighted by Crippen LogP contribution is -2.12. The third-order valence-electron chi connectivity index (χ3n) is 4.58. The zero-order valence-corrected chi connectivity index (χ0v) is 15.6. The first-order valence-electron chi connectivity index (χ1n) is 9.44. The van der Waals surface area contributed by atoms with Crippen molar-refractivity contribution in [2.75, 3.05) is 6.61 Å². The number of rotatable bonds is 10. The van der Waals surface area contributed by atoms with E-state index in [4.69, 9.17) is 9.47 Å². The Morgan fingerprint density at radius 1 is 1.12 bits per heavy atom. The molecule has 0 saturated heterocycles. The van der Waals surface area contributed by atoms with Gasteiger partial charge in [0.05, 0.1) is 12.3 Å². The summed E-state index contributed by atoms with van der Waals surface area (Å²) in [5.41, 5.74) is 1.83. The highest BCUT2D eigenvalue weighted by Crippen LogP contribution is 2.33. The Kier molecular flexibility index (Phi) is 6.26. The summed E-state index contributed by atoms with van der Waals surface area (Å²) in [5.74, 6) is 2.11. The van der Waals surface area contributed by atoms with Gasteiger partial charge < -0.3 is 9.47 Å². The van der Waals surface area contributed by atoms with Gasteiger partial charge in [-0.25, -0.2) is 4.98 Å². The van der Waals surface area contributed by atoms with Crippen LogP contribution in [0, 0.1) is 11.8 Å². The van der Waals surface area contributed by atoms with Crippen molar-refractivity contribution in [2.24, 2.45) is 11.8 Å². The lowest BCUT2D eigenvalue weighted by atomic mass is 10.0. The highest BCUT2D eigenvalue weighted by Gasteiger charge is 2.21. The number of carbonyl (C=O) groups excluding carboxylic acids is 1. The van der Waals surface area contributed by atoms with E-state index in [2.05, 4.69) is 4.98 Å². The van der Waals surface area contributed by atoms with Gasteiger partial charge in [0, 0.05) is 12.3 Å². The number of ether oxygens (including phenoxy) is 2. The topological polar surface area (TPSA) is 48.4 Å². The van der Waals surface area contributed by atoms with E-state index in [0.29, 0.717) is 31.3 Å². The van der Waals surface area contributed by atoms with Crippen molar-refractivity contribution in [3.63, 3.8) is 0 Å². The molecule has 0 N–H and O–H groups in total. The summed E-state index contributed by atoms with van der Waals surface area (Å²) in [6.07, 6.45) is 3.98. The number of aromatic nitrogens is 1. The number of ketones is 1. The molecule has 1 heterocycles. The number of pyridine rings is 1. The Bertz CT molecular complexity index is 723. The summed E-state index contributed by atoms with van der Waals surface area (Å²) in [6.45, 7) is 4.92. The third-order valence-corrected chi connectivity index (χ3v) is 4.58. The number of benzene rings is 1. The second kappa shape index (κ2) is 8.84. The molecule has 1 aromatic carbocycles. The van der Waals surface area contributed by atoms with Crippen molar-refractivity contribution < 1.29 is 14.3 Å². The van der Waals surface area contributed by atoms with Crippen LogP contribution in [0.4, 0.5) is 0 Å². The molecule has 26 heavy (non-hydrogen) atoms. The quantitative estimate of drug-likeness (QED) is 0.626. The molecule has 3 rings (SSSR count). The maximum absolute atomic E-state index is 12.0. The van der Waals surface area contributed by atoms with Gasteiger partial charge >= 0.3 is 0 Å². The fraction of sp³-hybridized carbons (Fsp3) is 0.455. The Balaban J connectivity index is 1.68. The molecule has 138 valence electrons. The predicted octanol–water partition coefficient (Wildman–Crippen LogP) is 4.61. The molecule has 4 heteroatoms. The number of hydrogen-bond acceptors (Lipinski definition) is 4. The number of hydrogen-bond donors (Lipinski definition) is 0. The maximum atomic E-state index is 12.0. The monoisotopic (exact) mass is 353 g/mol. The van der Waals surface area contributed by atoms with Crippen LogP contribution >= 0.6 is 0 Å². The van der Waals surface area contributed by atoms with Crippen molar-refractivity contribution >= 4 is 5.78 Å². The molecule has 2 aromatic rings. The van der Waals surface area contributed by atoms with E-state index < -0.39 is 0 Å². The summed E-state index contributed by atoms with van der Waals surface area (Å²) < 4.78 is 11.8. The van der Waals surface area contributed by atoms with Gasteiger partial charge in [0.2, 0.25) is 0 Å². The third kappa shape index (κ3) is 5.58. The molecule has 0 bridgehead atoms. The minimum absolute atomic E-state index is 0.00467. The molecular weight excluding hydrogens is 326 g/mol. The molecule has 0 aliphatic heterocycles. The molecule has 0 spiro atoms. The summed E-state index contributed by atoms with van der Waals surface area (Å²) in [6, 6.07) is 13.7. The predicted molar refractivity (Wildman–Crippen MR) is 101 cm³/mol. The molecule has 0 atom stereocenters. The van der Waals surface area contributed by atoms with Crippen molar-refractivity contribution in [2.45, 2.75) is 46.1 Å². The van der Waals surface area contributed by atoms with Crippen LogP contribution in [0.2, 0.25) is 0 Å². The molecule has 1 aromatic heterocycles. The van der Waals surface area contributed by atoms with Crippen LogP contribution in [0.25, 0.3) is 0 Å². The van der Waals surface area contributed by atoms with Crippen LogP contribution in [0.15, 0.2) is 42.5 Å². The van der Waals surface area contributed by atoms with Gasteiger partial charge in [0.25, 0.3) is 5.88 Å². The first-order valence-corrected chi connectivity index (χ1v) is 9.44. The molecule has 1 fully saturated rings. The molecule has 0 unspecified atom stereocenters. The summed E-state index contributed by atoms with van der Waals surface area (Å²) in [7, 11) is 0. The van der Waals surface area contributed by atoms with E-state index in [1.165, 1.54) is 12.8 Å². The smallest absolute Gasteiger partial charge is 0.257 e. The second-order valence-corrected chi connectivity index (χ2v) is 7.26. The largest absolute Gasteiger partial charge is 0.483 e. The second-order valence-electron chi connectivity index (χ2n) is 7.26. The van der Waals surface area contributed by atoms with Crippen LogP contribution in [-0.2, 0) is 17.8 Å². The first kappa shape index (κ1) is 18.4. The normalized spacial score (nSPS) is 13.7. The molecular formula is C22H27NO3. The average molecular weight is 353 g/mol. The van der Waals surface area contributed by atoms with Crippen LogP contribution in [0.3, 0.4) is 0 Å². The van der Waals surface area contributed by atoms with Gasteiger partial charge in [-0.2, -0.15) is 0 Å². The van der Waals surface area contributed by atoms with Gasteiger partial charge in [-0.3, -0.25) is 4.79 Å². The fourth-order valence-corrected chi connectivity index (χ4v) is 2.62. The van der Waals surface area contributed by atoms with Crippen molar-refractivity contribution in [3.05, 3.63) is 53.7 Å². The van der Waals surface area contributed by atoms with Gasteiger partial charge in [-0.1, -0.05) is 57.0 Å². The first-order chi connectivity index (χ1) is 12.6. The minimum Gasteiger partial charge on any atom is -0.483 e. The number of carbonyl (C=O) groups is 1. The van der Waals surface area contributed by atoms with E-state index in [9.17, 15) is 4.79 Å².